The van der Waals surface area contributed by atoms with Crippen LogP contribution in [0.25, 0.3) is 0 Å². The molecule has 2 nitrogen and oxygen atoms in total. The second-order valence-electron chi connectivity index (χ2n) is 3.14. The number of halogens is 8. The Morgan fingerprint density at radius 2 is 1.44 bits per heavy atom. The molecule has 10 heteroatoms. The molecule has 0 saturated heterocycles. The minimum atomic E-state index is -6.05. The van der Waals surface area contributed by atoms with E-state index >= 15 is 0 Å². The zero-order valence-electron chi connectivity index (χ0n) is 8.62. The van der Waals surface area contributed by atoms with Crippen molar-refractivity contribution in [2.24, 2.45) is 0 Å². The summed E-state index contributed by atoms with van der Waals surface area (Å²) in [5, 5.41) is 0. The molecule has 0 aliphatic rings. The van der Waals surface area contributed by atoms with Crippen LogP contribution in [-0.4, -0.2) is 30.3 Å². The number of carbonyl (C=O) groups excluding carboxylic acids is 1. The molecule has 0 spiro atoms. The molecule has 0 aromatic rings. The third-order valence-corrected chi connectivity index (χ3v) is 1.76. The molecule has 0 heterocycles. The highest BCUT2D eigenvalue weighted by Gasteiger charge is 2.63. The van der Waals surface area contributed by atoms with Gasteiger partial charge in [-0.1, -0.05) is 6.58 Å². The third kappa shape index (κ3) is 3.57. The van der Waals surface area contributed by atoms with Gasteiger partial charge in [0.05, 0.1) is 0 Å². The molecule has 1 unspecified atom stereocenters. The fourth-order valence-corrected chi connectivity index (χ4v) is 0.652. The van der Waals surface area contributed by atoms with Gasteiger partial charge in [-0.15, -0.1) is 0 Å². The summed E-state index contributed by atoms with van der Waals surface area (Å²) < 4.78 is 99.4. The number of hydrogen-bond acceptors (Lipinski definition) is 2. The Balaban J connectivity index is 4.85. The second-order valence-corrected chi connectivity index (χ2v) is 3.14. The second kappa shape index (κ2) is 4.73. The van der Waals surface area contributed by atoms with Crippen LogP contribution in [0.15, 0.2) is 12.2 Å². The normalized spacial score (nSPS) is 15.2. The van der Waals surface area contributed by atoms with Crippen molar-refractivity contribution in [3.8, 4) is 0 Å². The number of hydrogen-bond donors (Lipinski definition) is 0. The smallest absolute Gasteiger partial charge is 0.452 e. The van der Waals surface area contributed by atoms with Crippen LogP contribution in [0.1, 0.15) is 6.92 Å². The molecule has 0 rings (SSSR count). The molecular formula is C8H6F8O2. The first-order chi connectivity index (χ1) is 7.71. The Morgan fingerprint density at radius 3 is 1.72 bits per heavy atom. The van der Waals surface area contributed by atoms with E-state index in [0.717, 1.165) is 0 Å². The van der Waals surface area contributed by atoms with Gasteiger partial charge in [-0.3, -0.25) is 0 Å². The van der Waals surface area contributed by atoms with E-state index in [4.69, 9.17) is 0 Å². The fourth-order valence-electron chi connectivity index (χ4n) is 0.652. The van der Waals surface area contributed by atoms with Crippen LogP contribution >= 0.6 is 0 Å². The van der Waals surface area contributed by atoms with Gasteiger partial charge in [0, 0.05) is 0 Å². The van der Waals surface area contributed by atoms with Gasteiger partial charge in [-0.05, 0) is 6.92 Å². The maximum absolute atomic E-state index is 12.5. The van der Waals surface area contributed by atoms with Crippen LogP contribution in [0.3, 0.4) is 0 Å². The number of alkyl halides is 8. The Hall–Kier alpha value is -1.35. The highest BCUT2D eigenvalue weighted by molar-refractivity contribution is 5.89. The van der Waals surface area contributed by atoms with Gasteiger partial charge in [0.15, 0.2) is 6.10 Å². The molecule has 18 heavy (non-hydrogen) atoms. The van der Waals surface area contributed by atoms with Crippen molar-refractivity contribution in [2.45, 2.75) is 31.3 Å². The lowest BCUT2D eigenvalue weighted by atomic mass is 10.2. The average molecular weight is 286 g/mol. The zero-order chi connectivity index (χ0) is 14.9. The summed E-state index contributed by atoms with van der Waals surface area (Å²) in [6.07, 6.45) is -14.4. The number of esters is 1. The first-order valence-corrected chi connectivity index (χ1v) is 4.13. The van der Waals surface area contributed by atoms with Gasteiger partial charge in [0.2, 0.25) is 0 Å². The van der Waals surface area contributed by atoms with Crippen molar-refractivity contribution >= 4 is 5.97 Å². The summed E-state index contributed by atoms with van der Waals surface area (Å²) in [6.45, 7) is 2.32. The van der Waals surface area contributed by atoms with E-state index in [-0.39, 0.29) is 6.92 Å². The minimum Gasteiger partial charge on any atom is -0.452 e. The Labute approximate surface area is 95.2 Å². The monoisotopic (exact) mass is 286 g/mol. The molecule has 0 radical (unpaired) electrons. The summed E-state index contributed by atoms with van der Waals surface area (Å²) in [7, 11) is 0. The summed E-state index contributed by atoms with van der Waals surface area (Å²) >= 11 is 0. The van der Waals surface area contributed by atoms with Gasteiger partial charge >= 0.3 is 24.2 Å². The van der Waals surface area contributed by atoms with E-state index < -0.39 is 35.9 Å². The first kappa shape index (κ1) is 16.6. The minimum absolute atomic E-state index is 0.120. The molecule has 1 atom stereocenters. The first-order valence-electron chi connectivity index (χ1n) is 4.13. The van der Waals surface area contributed by atoms with Crippen LogP contribution in [0.5, 0.6) is 0 Å². The molecular weight excluding hydrogens is 280 g/mol. The predicted molar refractivity (Wildman–Crippen MR) is 41.8 cm³/mol. The molecule has 0 saturated carbocycles. The Kier molecular flexibility index (Phi) is 4.37. The highest BCUT2D eigenvalue weighted by atomic mass is 19.4. The lowest BCUT2D eigenvalue weighted by Gasteiger charge is -2.25. The van der Waals surface area contributed by atoms with Gasteiger partial charge in [0.1, 0.15) is 5.57 Å². The van der Waals surface area contributed by atoms with Crippen molar-refractivity contribution in [2.75, 3.05) is 0 Å². The van der Waals surface area contributed by atoms with Crippen molar-refractivity contribution in [3.63, 3.8) is 0 Å². The molecule has 0 N–H and O–H groups in total. The van der Waals surface area contributed by atoms with Gasteiger partial charge in [-0.25, -0.2) is 4.79 Å². The lowest BCUT2D eigenvalue weighted by molar-refractivity contribution is -0.311. The highest BCUT2D eigenvalue weighted by Crippen LogP contribution is 2.39. The van der Waals surface area contributed by atoms with Gasteiger partial charge in [0.25, 0.3) is 0 Å². The topological polar surface area (TPSA) is 26.3 Å². The van der Waals surface area contributed by atoms with Crippen molar-refractivity contribution < 1.29 is 44.7 Å². The van der Waals surface area contributed by atoms with E-state index in [9.17, 15) is 39.9 Å². The van der Waals surface area contributed by atoms with Crippen LogP contribution in [0, 0.1) is 0 Å². The van der Waals surface area contributed by atoms with E-state index in [1.165, 1.54) is 0 Å². The SMILES string of the molecule is C=C(C(=O)OC(C)C(F)(F)C(F)(F)F)C(F)(F)F. The molecule has 0 amide bonds. The van der Waals surface area contributed by atoms with Crippen molar-refractivity contribution in [1.82, 2.24) is 0 Å². The maximum Gasteiger partial charge on any atom is 0.457 e. The molecule has 0 aromatic carbocycles. The number of rotatable bonds is 3. The molecule has 106 valence electrons. The third-order valence-electron chi connectivity index (χ3n) is 1.76. The number of carbonyl (C=O) groups is 1. The molecule has 0 aliphatic carbocycles. The molecule has 0 bridgehead atoms. The van der Waals surface area contributed by atoms with Crippen LogP contribution in [-0.2, 0) is 9.53 Å². The lowest BCUT2D eigenvalue weighted by Crippen LogP contribution is -2.48. The summed E-state index contributed by atoms with van der Waals surface area (Å²) in [4.78, 5) is 10.6. The van der Waals surface area contributed by atoms with Crippen molar-refractivity contribution in [1.29, 1.82) is 0 Å². The van der Waals surface area contributed by atoms with Crippen molar-refractivity contribution in [3.05, 3.63) is 12.2 Å². The summed E-state index contributed by atoms with van der Waals surface area (Å²) in [6, 6.07) is 0. The summed E-state index contributed by atoms with van der Waals surface area (Å²) in [5.74, 6) is -7.85. The van der Waals surface area contributed by atoms with Crippen LogP contribution in [0.4, 0.5) is 35.1 Å². The fraction of sp³-hybridized carbons (Fsp3) is 0.625. The van der Waals surface area contributed by atoms with E-state index in [2.05, 4.69) is 11.3 Å². The van der Waals surface area contributed by atoms with E-state index in [1.807, 2.05) is 0 Å². The predicted octanol–water partition coefficient (Wildman–Crippen LogP) is 3.23. The molecule has 0 fully saturated rings. The number of ether oxygens (including phenoxy) is 1. The quantitative estimate of drug-likeness (QED) is 0.452. The largest absolute Gasteiger partial charge is 0.457 e. The summed E-state index contributed by atoms with van der Waals surface area (Å²) in [5.41, 5.74) is -2.17. The van der Waals surface area contributed by atoms with E-state index in [1.54, 1.807) is 0 Å². The van der Waals surface area contributed by atoms with Crippen LogP contribution < -0.4 is 0 Å². The zero-order valence-corrected chi connectivity index (χ0v) is 8.62. The van der Waals surface area contributed by atoms with Crippen LogP contribution in [0.2, 0.25) is 0 Å². The van der Waals surface area contributed by atoms with Gasteiger partial charge < -0.3 is 4.74 Å². The van der Waals surface area contributed by atoms with E-state index in [0.29, 0.717) is 0 Å². The maximum atomic E-state index is 12.5. The average Bonchev–Trinajstić information content (AvgIpc) is 2.12. The molecule has 0 aliphatic heterocycles. The molecule has 0 aromatic heterocycles. The van der Waals surface area contributed by atoms with Gasteiger partial charge in [-0.2, -0.15) is 35.1 Å². The Morgan fingerprint density at radius 1 is 1.06 bits per heavy atom. The Bertz CT molecular complexity index is 340. The standard InChI is InChI=1S/C8H6F8O2/c1-3(7(11,12)13)5(17)18-4(2)6(9,10)8(14,15)16/h4H,1H2,2H3.